The predicted octanol–water partition coefficient (Wildman–Crippen LogP) is 1.69. The lowest BCUT2D eigenvalue weighted by Gasteiger charge is -2.02. The minimum atomic E-state index is 0.779. The van der Waals surface area contributed by atoms with E-state index >= 15 is 0 Å². The lowest BCUT2D eigenvalue weighted by molar-refractivity contribution is 0.447. The Morgan fingerprint density at radius 3 is 3.36 bits per heavy atom. The molecule has 2 rings (SSSR count). The minimum Gasteiger partial charge on any atom is -0.449 e. The van der Waals surface area contributed by atoms with Gasteiger partial charge in [0.25, 0.3) is 0 Å². The van der Waals surface area contributed by atoms with Gasteiger partial charge in [-0.15, -0.1) is 0 Å². The molecule has 0 bridgehead atoms. The number of hydrogen-bond donors (Lipinski definition) is 1. The van der Waals surface area contributed by atoms with Crippen LogP contribution < -0.4 is 5.32 Å². The summed E-state index contributed by atoms with van der Waals surface area (Å²) in [6.45, 7) is 0.795. The van der Waals surface area contributed by atoms with Gasteiger partial charge in [-0.1, -0.05) is 0 Å². The summed E-state index contributed by atoms with van der Waals surface area (Å²) in [5, 5.41) is 3.06. The van der Waals surface area contributed by atoms with Crippen LogP contribution in [0, 0.1) is 5.92 Å². The van der Waals surface area contributed by atoms with Crippen molar-refractivity contribution in [2.45, 2.75) is 19.4 Å². The fraction of sp³-hybridized carbons (Fsp3) is 0.700. The van der Waals surface area contributed by atoms with Gasteiger partial charge in [0.2, 0.25) is 0 Å². The number of nitrogens with zero attached hydrogens (tertiary/aromatic N) is 1. The molecule has 0 saturated carbocycles. The van der Waals surface area contributed by atoms with Crippen LogP contribution in [0.15, 0.2) is 10.7 Å². The number of nitrogens with one attached hydrogen (secondary N) is 1. The van der Waals surface area contributed by atoms with E-state index in [0.717, 1.165) is 30.5 Å². The molecule has 2 heterocycles. The van der Waals surface area contributed by atoms with Crippen molar-refractivity contribution in [2.24, 2.45) is 5.92 Å². The topological polar surface area (TPSA) is 38.1 Å². The van der Waals surface area contributed by atoms with E-state index in [4.69, 9.17) is 4.42 Å². The highest BCUT2D eigenvalue weighted by molar-refractivity contribution is 7.99. The van der Waals surface area contributed by atoms with Gasteiger partial charge in [-0.3, -0.25) is 0 Å². The molecule has 1 saturated heterocycles. The zero-order chi connectivity index (χ0) is 9.80. The summed E-state index contributed by atoms with van der Waals surface area (Å²) >= 11 is 2.04. The second-order valence-corrected chi connectivity index (χ2v) is 4.85. The van der Waals surface area contributed by atoms with Crippen LogP contribution in [-0.2, 0) is 13.0 Å². The maximum absolute atomic E-state index is 5.42. The molecule has 0 radical (unpaired) electrons. The molecule has 0 aromatic carbocycles. The molecule has 1 aromatic heterocycles. The van der Waals surface area contributed by atoms with E-state index in [9.17, 15) is 0 Å². The fourth-order valence-electron chi connectivity index (χ4n) is 1.70. The zero-order valence-electron chi connectivity index (χ0n) is 8.45. The quantitative estimate of drug-likeness (QED) is 0.824. The largest absolute Gasteiger partial charge is 0.449 e. The van der Waals surface area contributed by atoms with Crippen molar-refractivity contribution >= 4 is 11.8 Å². The van der Waals surface area contributed by atoms with Crippen molar-refractivity contribution in [3.8, 4) is 0 Å². The summed E-state index contributed by atoms with van der Waals surface area (Å²) in [6.07, 6.45) is 4.08. The third kappa shape index (κ3) is 2.51. The first-order valence-corrected chi connectivity index (χ1v) is 6.19. The Kier molecular flexibility index (Phi) is 3.48. The Morgan fingerprint density at radius 2 is 2.64 bits per heavy atom. The third-order valence-corrected chi connectivity index (χ3v) is 3.68. The number of oxazole rings is 1. The minimum absolute atomic E-state index is 0.779. The van der Waals surface area contributed by atoms with Crippen molar-refractivity contribution in [2.75, 3.05) is 18.6 Å². The standard InChI is InChI=1S/C10H16N2OS/c1-11-5-9-6-13-10(12-9)4-8-2-3-14-7-8/h6,8,11H,2-5,7H2,1H3. The van der Waals surface area contributed by atoms with Crippen LogP contribution in [0.4, 0.5) is 0 Å². The van der Waals surface area contributed by atoms with Crippen molar-refractivity contribution in [1.82, 2.24) is 10.3 Å². The van der Waals surface area contributed by atoms with Crippen molar-refractivity contribution in [3.63, 3.8) is 0 Å². The first-order valence-electron chi connectivity index (χ1n) is 5.04. The average molecular weight is 212 g/mol. The molecular weight excluding hydrogens is 196 g/mol. The molecule has 1 fully saturated rings. The van der Waals surface area contributed by atoms with E-state index in [-0.39, 0.29) is 0 Å². The smallest absolute Gasteiger partial charge is 0.194 e. The lowest BCUT2D eigenvalue weighted by Crippen LogP contribution is -2.06. The number of rotatable bonds is 4. The van der Waals surface area contributed by atoms with Gasteiger partial charge >= 0.3 is 0 Å². The first kappa shape index (κ1) is 10.1. The van der Waals surface area contributed by atoms with E-state index in [1.54, 1.807) is 6.26 Å². The lowest BCUT2D eigenvalue weighted by atomic mass is 10.1. The molecule has 1 aliphatic heterocycles. The van der Waals surface area contributed by atoms with Crippen LogP contribution >= 0.6 is 11.8 Å². The van der Waals surface area contributed by atoms with E-state index in [2.05, 4.69) is 10.3 Å². The summed E-state index contributed by atoms with van der Waals surface area (Å²) in [5.74, 6) is 4.25. The SMILES string of the molecule is CNCc1coc(CC2CCSC2)n1. The normalized spacial score (nSPS) is 21.6. The first-order chi connectivity index (χ1) is 6.88. The predicted molar refractivity (Wildman–Crippen MR) is 58.4 cm³/mol. The Balaban J connectivity index is 1.88. The third-order valence-electron chi connectivity index (χ3n) is 2.44. The van der Waals surface area contributed by atoms with Crippen LogP contribution in [0.5, 0.6) is 0 Å². The summed E-state index contributed by atoms with van der Waals surface area (Å²) in [5.41, 5.74) is 1.01. The molecule has 1 aromatic rings. The molecule has 1 N–H and O–H groups in total. The van der Waals surface area contributed by atoms with Crippen molar-refractivity contribution in [1.29, 1.82) is 0 Å². The van der Waals surface area contributed by atoms with Gasteiger partial charge in [0.05, 0.1) is 5.69 Å². The monoisotopic (exact) mass is 212 g/mol. The van der Waals surface area contributed by atoms with Crippen LogP contribution in [0.1, 0.15) is 18.0 Å². The van der Waals surface area contributed by atoms with Gasteiger partial charge in [-0.05, 0) is 30.9 Å². The van der Waals surface area contributed by atoms with Crippen LogP contribution in [0.25, 0.3) is 0 Å². The Labute approximate surface area is 88.7 Å². The highest BCUT2D eigenvalue weighted by Crippen LogP contribution is 2.26. The molecule has 1 atom stereocenters. The molecule has 0 amide bonds. The summed E-state index contributed by atoms with van der Waals surface area (Å²) in [6, 6.07) is 0. The average Bonchev–Trinajstić information content (AvgIpc) is 2.79. The van der Waals surface area contributed by atoms with Crippen molar-refractivity contribution < 1.29 is 4.42 Å². The molecule has 0 aliphatic carbocycles. The second kappa shape index (κ2) is 4.84. The molecule has 14 heavy (non-hydrogen) atoms. The fourth-order valence-corrected chi connectivity index (χ4v) is 2.98. The maximum atomic E-state index is 5.42. The number of thioether (sulfide) groups is 1. The molecule has 1 aliphatic rings. The Morgan fingerprint density at radius 1 is 1.71 bits per heavy atom. The van der Waals surface area contributed by atoms with Crippen molar-refractivity contribution in [3.05, 3.63) is 17.8 Å². The molecule has 0 spiro atoms. The molecule has 3 nitrogen and oxygen atoms in total. The van der Waals surface area contributed by atoms with Gasteiger partial charge in [-0.25, -0.2) is 4.98 Å². The van der Waals surface area contributed by atoms with E-state index in [1.807, 2.05) is 18.8 Å². The number of aromatic nitrogens is 1. The second-order valence-electron chi connectivity index (χ2n) is 3.70. The van der Waals surface area contributed by atoms with Crippen LogP contribution in [0.2, 0.25) is 0 Å². The highest BCUT2D eigenvalue weighted by atomic mass is 32.2. The maximum Gasteiger partial charge on any atom is 0.194 e. The van der Waals surface area contributed by atoms with Gasteiger partial charge in [0, 0.05) is 13.0 Å². The molecule has 1 unspecified atom stereocenters. The summed E-state index contributed by atoms with van der Waals surface area (Å²) < 4.78 is 5.42. The number of hydrogen-bond acceptors (Lipinski definition) is 4. The molecular formula is C10H16N2OS. The van der Waals surface area contributed by atoms with Gasteiger partial charge in [-0.2, -0.15) is 11.8 Å². The highest BCUT2D eigenvalue weighted by Gasteiger charge is 2.18. The van der Waals surface area contributed by atoms with E-state index in [1.165, 1.54) is 17.9 Å². The summed E-state index contributed by atoms with van der Waals surface area (Å²) in [4.78, 5) is 4.43. The molecule has 78 valence electrons. The van der Waals surface area contributed by atoms with Gasteiger partial charge < -0.3 is 9.73 Å². The van der Waals surface area contributed by atoms with Crippen LogP contribution in [-0.4, -0.2) is 23.5 Å². The molecule has 4 heteroatoms. The van der Waals surface area contributed by atoms with Crippen LogP contribution in [0.3, 0.4) is 0 Å². The summed E-state index contributed by atoms with van der Waals surface area (Å²) in [7, 11) is 1.92. The van der Waals surface area contributed by atoms with Gasteiger partial charge in [0.1, 0.15) is 6.26 Å². The van der Waals surface area contributed by atoms with Gasteiger partial charge in [0.15, 0.2) is 5.89 Å². The Bertz CT molecular complexity index is 281. The van der Waals surface area contributed by atoms with E-state index < -0.39 is 0 Å². The van der Waals surface area contributed by atoms with E-state index in [0.29, 0.717) is 0 Å². The zero-order valence-corrected chi connectivity index (χ0v) is 9.27. The Hall–Kier alpha value is -0.480.